The molecule has 3 heteroatoms. The van der Waals surface area contributed by atoms with E-state index in [4.69, 9.17) is 10.2 Å². The molecule has 2 N–H and O–H groups in total. The molecule has 0 saturated heterocycles. The number of hydrogen-bond acceptors (Lipinski definition) is 2. The Morgan fingerprint density at radius 2 is 2.36 bits per heavy atom. The van der Waals surface area contributed by atoms with Crippen molar-refractivity contribution < 1.29 is 9.21 Å². The van der Waals surface area contributed by atoms with Crippen LogP contribution in [0.1, 0.15) is 30.8 Å². The van der Waals surface area contributed by atoms with Crippen LogP contribution in [-0.4, -0.2) is 5.91 Å². The maximum absolute atomic E-state index is 10.5. The standard InChI is InChI=1S/C11H13NO2/c1-7-6-9(7)10-4-2-8(14-10)3-5-11(12)13/h2-5,7,9H,6H2,1H3,(H2,12,13)/b5-3-/t7-,9-/m1/s1. The molecule has 0 unspecified atom stereocenters. The Kier molecular flexibility index (Phi) is 2.15. The van der Waals surface area contributed by atoms with Gasteiger partial charge in [0.25, 0.3) is 0 Å². The van der Waals surface area contributed by atoms with E-state index in [9.17, 15) is 4.79 Å². The highest BCUT2D eigenvalue weighted by molar-refractivity contribution is 5.89. The molecule has 1 amide bonds. The molecule has 0 bridgehead atoms. The largest absolute Gasteiger partial charge is 0.461 e. The molecule has 1 fully saturated rings. The lowest BCUT2D eigenvalue weighted by Crippen LogP contribution is -2.04. The van der Waals surface area contributed by atoms with Crippen LogP contribution in [0.25, 0.3) is 6.08 Å². The fourth-order valence-electron chi connectivity index (χ4n) is 1.54. The van der Waals surface area contributed by atoms with Crippen LogP contribution in [0.5, 0.6) is 0 Å². The van der Waals surface area contributed by atoms with E-state index in [1.54, 1.807) is 6.08 Å². The molecule has 0 aromatic carbocycles. The van der Waals surface area contributed by atoms with E-state index in [2.05, 4.69) is 6.92 Å². The molecule has 14 heavy (non-hydrogen) atoms. The number of carbonyl (C=O) groups is 1. The van der Waals surface area contributed by atoms with Crippen molar-refractivity contribution >= 4 is 12.0 Å². The van der Waals surface area contributed by atoms with Crippen LogP contribution >= 0.6 is 0 Å². The van der Waals surface area contributed by atoms with Crippen molar-refractivity contribution in [3.05, 3.63) is 29.7 Å². The van der Waals surface area contributed by atoms with Crippen LogP contribution in [0.3, 0.4) is 0 Å². The van der Waals surface area contributed by atoms with Gasteiger partial charge >= 0.3 is 0 Å². The minimum Gasteiger partial charge on any atom is -0.461 e. The minimum atomic E-state index is -0.456. The fraction of sp³-hybridized carbons (Fsp3) is 0.364. The van der Waals surface area contributed by atoms with E-state index in [1.807, 2.05) is 12.1 Å². The third-order valence-corrected chi connectivity index (χ3v) is 2.53. The molecule has 1 aliphatic rings. The molecular weight excluding hydrogens is 178 g/mol. The highest BCUT2D eigenvalue weighted by atomic mass is 16.3. The van der Waals surface area contributed by atoms with Gasteiger partial charge < -0.3 is 10.2 Å². The molecule has 3 nitrogen and oxygen atoms in total. The molecule has 1 saturated carbocycles. The van der Waals surface area contributed by atoms with Crippen LogP contribution in [0.15, 0.2) is 22.6 Å². The second kappa shape index (κ2) is 3.33. The van der Waals surface area contributed by atoms with E-state index in [1.165, 1.54) is 12.5 Å². The number of primary amides is 1. The molecule has 2 rings (SSSR count). The van der Waals surface area contributed by atoms with Crippen LogP contribution < -0.4 is 5.73 Å². The zero-order valence-electron chi connectivity index (χ0n) is 8.07. The summed E-state index contributed by atoms with van der Waals surface area (Å²) in [5, 5.41) is 0. The van der Waals surface area contributed by atoms with E-state index in [0.29, 0.717) is 11.7 Å². The molecule has 0 aliphatic heterocycles. The smallest absolute Gasteiger partial charge is 0.241 e. The molecule has 0 radical (unpaired) electrons. The first-order valence-corrected chi connectivity index (χ1v) is 4.74. The first kappa shape index (κ1) is 9.06. The third-order valence-electron chi connectivity index (χ3n) is 2.53. The van der Waals surface area contributed by atoms with Crippen molar-refractivity contribution in [1.29, 1.82) is 0 Å². The molecule has 1 aliphatic carbocycles. The van der Waals surface area contributed by atoms with Gasteiger partial charge in [-0.05, 0) is 30.5 Å². The quantitative estimate of drug-likeness (QED) is 0.742. The monoisotopic (exact) mass is 191 g/mol. The van der Waals surface area contributed by atoms with Crippen molar-refractivity contribution in [3.8, 4) is 0 Å². The normalized spacial score (nSPS) is 25.5. The Balaban J connectivity index is 2.06. The zero-order chi connectivity index (χ0) is 10.1. The van der Waals surface area contributed by atoms with Crippen LogP contribution in [0.2, 0.25) is 0 Å². The van der Waals surface area contributed by atoms with E-state index in [-0.39, 0.29) is 0 Å². The average molecular weight is 191 g/mol. The van der Waals surface area contributed by atoms with Gasteiger partial charge in [-0.15, -0.1) is 0 Å². The number of carbonyl (C=O) groups excluding carboxylic acids is 1. The lowest BCUT2D eigenvalue weighted by Gasteiger charge is -1.89. The van der Waals surface area contributed by atoms with Crippen LogP contribution in [0, 0.1) is 5.92 Å². The second-order valence-corrected chi connectivity index (χ2v) is 3.80. The Hall–Kier alpha value is -1.51. The lowest BCUT2D eigenvalue weighted by molar-refractivity contribution is -0.113. The molecule has 1 aromatic heterocycles. The number of furan rings is 1. The van der Waals surface area contributed by atoms with Gasteiger partial charge in [-0.2, -0.15) is 0 Å². The number of rotatable bonds is 3. The predicted octanol–water partition coefficient (Wildman–Crippen LogP) is 1.90. The topological polar surface area (TPSA) is 56.2 Å². The predicted molar refractivity (Wildman–Crippen MR) is 53.5 cm³/mol. The Morgan fingerprint density at radius 1 is 1.64 bits per heavy atom. The van der Waals surface area contributed by atoms with Gasteiger partial charge in [-0.25, -0.2) is 0 Å². The SMILES string of the molecule is C[C@@H]1C[C@H]1c1ccc(/C=C\C(N)=O)o1. The second-order valence-electron chi connectivity index (χ2n) is 3.80. The van der Waals surface area contributed by atoms with Gasteiger partial charge in [0.05, 0.1) is 0 Å². The third kappa shape index (κ3) is 1.87. The van der Waals surface area contributed by atoms with Crippen LogP contribution in [-0.2, 0) is 4.79 Å². The fourth-order valence-corrected chi connectivity index (χ4v) is 1.54. The van der Waals surface area contributed by atoms with E-state index in [0.717, 1.165) is 11.7 Å². The summed E-state index contributed by atoms with van der Waals surface area (Å²) in [7, 11) is 0. The molecule has 2 atom stereocenters. The maximum Gasteiger partial charge on any atom is 0.241 e. The summed E-state index contributed by atoms with van der Waals surface area (Å²) in [6, 6.07) is 3.83. The Bertz CT molecular complexity index is 378. The van der Waals surface area contributed by atoms with Gasteiger partial charge in [0.2, 0.25) is 5.91 Å². The first-order valence-electron chi connectivity index (χ1n) is 4.74. The summed E-state index contributed by atoms with van der Waals surface area (Å²) >= 11 is 0. The van der Waals surface area contributed by atoms with Crippen molar-refractivity contribution in [3.63, 3.8) is 0 Å². The summed E-state index contributed by atoms with van der Waals surface area (Å²) in [6.07, 6.45) is 4.10. The summed E-state index contributed by atoms with van der Waals surface area (Å²) in [4.78, 5) is 10.5. The van der Waals surface area contributed by atoms with E-state index < -0.39 is 5.91 Å². The van der Waals surface area contributed by atoms with Crippen molar-refractivity contribution in [1.82, 2.24) is 0 Å². The summed E-state index contributed by atoms with van der Waals surface area (Å²) < 4.78 is 5.53. The summed E-state index contributed by atoms with van der Waals surface area (Å²) in [6.45, 7) is 2.20. The number of amides is 1. The molecule has 0 spiro atoms. The average Bonchev–Trinajstić information content (AvgIpc) is 2.68. The number of hydrogen-bond donors (Lipinski definition) is 1. The van der Waals surface area contributed by atoms with Gasteiger partial charge in [0.1, 0.15) is 11.5 Å². The lowest BCUT2D eigenvalue weighted by atomic mass is 10.3. The Morgan fingerprint density at radius 3 is 2.93 bits per heavy atom. The van der Waals surface area contributed by atoms with Gasteiger partial charge in [-0.1, -0.05) is 6.92 Å². The highest BCUT2D eigenvalue weighted by Crippen LogP contribution is 2.47. The van der Waals surface area contributed by atoms with Gasteiger partial charge in [0, 0.05) is 12.0 Å². The van der Waals surface area contributed by atoms with Crippen molar-refractivity contribution in [2.24, 2.45) is 11.7 Å². The van der Waals surface area contributed by atoms with E-state index >= 15 is 0 Å². The van der Waals surface area contributed by atoms with Crippen molar-refractivity contribution in [2.75, 3.05) is 0 Å². The maximum atomic E-state index is 10.5. The molecule has 1 heterocycles. The summed E-state index contributed by atoms with van der Waals surface area (Å²) in [5.74, 6) is 2.56. The minimum absolute atomic E-state index is 0.456. The summed E-state index contributed by atoms with van der Waals surface area (Å²) in [5.41, 5.74) is 4.97. The zero-order valence-corrected chi connectivity index (χ0v) is 8.07. The molecular formula is C11H13NO2. The highest BCUT2D eigenvalue weighted by Gasteiger charge is 2.36. The van der Waals surface area contributed by atoms with Gasteiger partial charge in [0.15, 0.2) is 0 Å². The van der Waals surface area contributed by atoms with Crippen LogP contribution in [0.4, 0.5) is 0 Å². The molecule has 1 aromatic rings. The first-order chi connectivity index (χ1) is 6.66. The Labute approximate surface area is 82.6 Å². The molecule has 74 valence electrons. The van der Waals surface area contributed by atoms with Crippen molar-refractivity contribution in [2.45, 2.75) is 19.3 Å². The number of nitrogens with two attached hydrogens (primary N) is 1. The van der Waals surface area contributed by atoms with Gasteiger partial charge in [-0.3, -0.25) is 4.79 Å².